The second-order valence-electron chi connectivity index (χ2n) is 7.85. The molecule has 1 aliphatic heterocycles. The Morgan fingerprint density at radius 1 is 1.22 bits per heavy atom. The summed E-state index contributed by atoms with van der Waals surface area (Å²) in [5.41, 5.74) is 0.0479. The Bertz CT molecular complexity index is 758. The molecule has 5 nitrogen and oxygen atoms in total. The molecule has 3 fully saturated rings. The van der Waals surface area contributed by atoms with Gasteiger partial charge in [0, 0.05) is 30.5 Å². The normalized spacial score (nSPS) is 31.7. The van der Waals surface area contributed by atoms with E-state index in [1.165, 1.54) is 7.11 Å². The number of carbonyl (C=O) groups excluding carboxylic acids is 2. The maximum absolute atomic E-state index is 12.8. The number of hydrogen-bond acceptors (Lipinski definition) is 3. The Hall–Kier alpha value is -2.25. The van der Waals surface area contributed by atoms with Crippen LogP contribution in [0.2, 0.25) is 0 Å². The number of carbonyl (C=O) groups is 2. The Kier molecular flexibility index (Phi) is 4.12. The molecule has 2 unspecified atom stereocenters. The predicted molar refractivity (Wildman–Crippen MR) is 89.9 cm³/mol. The molecular formula is C19H21F3N2O3. The number of likely N-dealkylation sites (tertiary alicyclic amines) is 1. The third-order valence-electron chi connectivity index (χ3n) is 6.24. The first-order valence-corrected chi connectivity index (χ1v) is 9.04. The number of alkyl carbamates (subject to hydrolysis) is 1. The van der Waals surface area contributed by atoms with Gasteiger partial charge < -0.3 is 15.0 Å². The first kappa shape index (κ1) is 18.1. The smallest absolute Gasteiger partial charge is 0.416 e. The molecule has 8 heteroatoms. The molecule has 0 spiro atoms. The highest BCUT2D eigenvalue weighted by Crippen LogP contribution is 2.59. The fourth-order valence-electron chi connectivity index (χ4n) is 4.51. The van der Waals surface area contributed by atoms with Crippen molar-refractivity contribution >= 4 is 12.0 Å². The van der Waals surface area contributed by atoms with Crippen molar-refractivity contribution in [2.45, 2.75) is 36.9 Å². The molecule has 1 saturated heterocycles. The van der Waals surface area contributed by atoms with Crippen molar-refractivity contribution in [3.63, 3.8) is 0 Å². The van der Waals surface area contributed by atoms with Crippen LogP contribution in [0.5, 0.6) is 0 Å². The fourth-order valence-corrected chi connectivity index (χ4v) is 4.51. The molecule has 1 aromatic rings. The van der Waals surface area contributed by atoms with Crippen LogP contribution in [-0.2, 0) is 21.1 Å². The molecule has 2 atom stereocenters. The Balaban J connectivity index is 1.35. The third-order valence-corrected chi connectivity index (χ3v) is 6.24. The standard InChI is InChI=1S/C19H21F3N2O3/c1-27-17(26)23-15-6-11(7-15)16(25)24-9-14-8-18(14,10-24)12-2-4-13(5-3-12)19(20,21)22/h2-5,11,14-15H,6-10H2,1H3,(H,23,26). The van der Waals surface area contributed by atoms with E-state index in [1.807, 2.05) is 4.90 Å². The number of amides is 2. The van der Waals surface area contributed by atoms with Crippen LogP contribution in [-0.4, -0.2) is 43.1 Å². The number of nitrogens with zero attached hydrogens (tertiary/aromatic N) is 1. The summed E-state index contributed by atoms with van der Waals surface area (Å²) in [6, 6.07) is 5.32. The summed E-state index contributed by atoms with van der Waals surface area (Å²) < 4.78 is 42.8. The van der Waals surface area contributed by atoms with Crippen LogP contribution >= 0.6 is 0 Å². The molecule has 2 saturated carbocycles. The van der Waals surface area contributed by atoms with Gasteiger partial charge in [-0.05, 0) is 42.9 Å². The second kappa shape index (κ2) is 6.14. The zero-order chi connectivity index (χ0) is 19.4. The molecule has 2 aliphatic carbocycles. The van der Waals surface area contributed by atoms with Crippen LogP contribution in [0.1, 0.15) is 30.4 Å². The van der Waals surface area contributed by atoms with E-state index in [1.54, 1.807) is 12.1 Å². The highest BCUT2D eigenvalue weighted by atomic mass is 19.4. The minimum Gasteiger partial charge on any atom is -0.453 e. The van der Waals surface area contributed by atoms with Crippen molar-refractivity contribution in [2.75, 3.05) is 20.2 Å². The maximum atomic E-state index is 12.8. The Morgan fingerprint density at radius 3 is 2.48 bits per heavy atom. The van der Waals surface area contributed by atoms with Crippen molar-refractivity contribution in [1.29, 1.82) is 0 Å². The topological polar surface area (TPSA) is 58.6 Å². The highest BCUT2D eigenvalue weighted by molar-refractivity contribution is 5.81. The molecule has 4 rings (SSSR count). The average Bonchev–Trinajstić information content (AvgIpc) is 3.17. The molecule has 1 aromatic carbocycles. The predicted octanol–water partition coefficient (Wildman–Crippen LogP) is 2.94. The number of rotatable bonds is 3. The summed E-state index contributed by atoms with van der Waals surface area (Å²) >= 11 is 0. The van der Waals surface area contributed by atoms with Crippen LogP contribution in [0.25, 0.3) is 0 Å². The highest BCUT2D eigenvalue weighted by Gasteiger charge is 2.62. The molecule has 1 heterocycles. The minimum atomic E-state index is -4.34. The zero-order valence-electron chi connectivity index (χ0n) is 14.9. The lowest BCUT2D eigenvalue weighted by Gasteiger charge is -2.37. The van der Waals surface area contributed by atoms with E-state index >= 15 is 0 Å². The van der Waals surface area contributed by atoms with Gasteiger partial charge in [-0.15, -0.1) is 0 Å². The molecule has 27 heavy (non-hydrogen) atoms. The van der Waals surface area contributed by atoms with Gasteiger partial charge >= 0.3 is 12.3 Å². The van der Waals surface area contributed by atoms with Crippen molar-refractivity contribution in [3.8, 4) is 0 Å². The monoisotopic (exact) mass is 382 g/mol. The summed E-state index contributed by atoms with van der Waals surface area (Å²) in [7, 11) is 1.30. The van der Waals surface area contributed by atoms with Crippen LogP contribution in [0.4, 0.5) is 18.0 Å². The molecular weight excluding hydrogens is 361 g/mol. The van der Waals surface area contributed by atoms with Gasteiger partial charge in [0.15, 0.2) is 0 Å². The molecule has 146 valence electrons. The first-order chi connectivity index (χ1) is 12.7. The van der Waals surface area contributed by atoms with E-state index in [2.05, 4.69) is 10.1 Å². The number of nitrogens with one attached hydrogen (secondary N) is 1. The van der Waals surface area contributed by atoms with E-state index in [4.69, 9.17) is 0 Å². The van der Waals surface area contributed by atoms with Gasteiger partial charge in [0.2, 0.25) is 5.91 Å². The maximum Gasteiger partial charge on any atom is 0.416 e. The minimum absolute atomic E-state index is 0.0348. The van der Waals surface area contributed by atoms with Gasteiger partial charge in [0.25, 0.3) is 0 Å². The van der Waals surface area contributed by atoms with Crippen LogP contribution in [0.3, 0.4) is 0 Å². The summed E-state index contributed by atoms with van der Waals surface area (Å²) in [5.74, 6) is 0.299. The largest absolute Gasteiger partial charge is 0.453 e. The van der Waals surface area contributed by atoms with Gasteiger partial charge in [-0.25, -0.2) is 4.79 Å². The van der Waals surface area contributed by atoms with Crippen LogP contribution < -0.4 is 5.32 Å². The first-order valence-electron chi connectivity index (χ1n) is 9.04. The van der Waals surface area contributed by atoms with Crippen molar-refractivity contribution in [3.05, 3.63) is 35.4 Å². The number of hydrogen-bond donors (Lipinski definition) is 1. The lowest BCUT2D eigenvalue weighted by atomic mass is 9.79. The summed E-state index contributed by atoms with van der Waals surface area (Å²) in [4.78, 5) is 25.7. The van der Waals surface area contributed by atoms with Crippen molar-refractivity contribution in [1.82, 2.24) is 10.2 Å². The number of methoxy groups -OCH3 is 1. The van der Waals surface area contributed by atoms with E-state index < -0.39 is 17.8 Å². The van der Waals surface area contributed by atoms with Gasteiger partial charge in [-0.3, -0.25) is 4.79 Å². The number of benzene rings is 1. The van der Waals surface area contributed by atoms with Crippen LogP contribution in [0.15, 0.2) is 24.3 Å². The number of ether oxygens (including phenoxy) is 1. The molecule has 1 N–H and O–H groups in total. The van der Waals surface area contributed by atoms with Crippen molar-refractivity contribution < 1.29 is 27.5 Å². The van der Waals surface area contributed by atoms with Crippen LogP contribution in [0, 0.1) is 11.8 Å². The summed E-state index contributed by atoms with van der Waals surface area (Å²) in [6.07, 6.45) is -2.71. The molecule has 0 aromatic heterocycles. The number of piperidine rings is 1. The van der Waals surface area contributed by atoms with E-state index in [0.717, 1.165) is 24.1 Å². The average molecular weight is 382 g/mol. The second-order valence-corrected chi connectivity index (χ2v) is 7.85. The zero-order valence-corrected chi connectivity index (χ0v) is 14.9. The van der Waals surface area contributed by atoms with Crippen molar-refractivity contribution in [2.24, 2.45) is 11.8 Å². The number of alkyl halides is 3. The molecule has 3 aliphatic rings. The summed E-state index contributed by atoms with van der Waals surface area (Å²) in [6.45, 7) is 1.22. The Labute approximate surface area is 154 Å². The van der Waals surface area contributed by atoms with Gasteiger partial charge in [0.1, 0.15) is 0 Å². The van der Waals surface area contributed by atoms with Gasteiger partial charge in [0.05, 0.1) is 12.7 Å². The summed E-state index contributed by atoms with van der Waals surface area (Å²) in [5, 5.41) is 2.69. The van der Waals surface area contributed by atoms with E-state index in [0.29, 0.717) is 31.8 Å². The number of halogens is 3. The SMILES string of the molecule is COC(=O)NC1CC(C(=O)N2CC3CC3(c3ccc(C(F)(F)F)cc3)C2)C1. The molecule has 0 radical (unpaired) electrons. The quantitative estimate of drug-likeness (QED) is 0.875. The lowest BCUT2D eigenvalue weighted by Crippen LogP contribution is -2.50. The Morgan fingerprint density at radius 2 is 1.89 bits per heavy atom. The number of fused-ring (bicyclic) bond motifs is 1. The van der Waals surface area contributed by atoms with Gasteiger partial charge in [-0.1, -0.05) is 12.1 Å². The lowest BCUT2D eigenvalue weighted by molar-refractivity contribution is -0.138. The fraction of sp³-hybridized carbons (Fsp3) is 0.579. The molecule has 0 bridgehead atoms. The van der Waals surface area contributed by atoms with E-state index in [9.17, 15) is 22.8 Å². The van der Waals surface area contributed by atoms with E-state index in [-0.39, 0.29) is 23.3 Å². The third kappa shape index (κ3) is 3.15. The molecule has 2 amide bonds. The van der Waals surface area contributed by atoms with Gasteiger partial charge in [-0.2, -0.15) is 13.2 Å².